The lowest BCUT2D eigenvalue weighted by Gasteiger charge is -2.49. The fourth-order valence-electron chi connectivity index (χ4n) is 3.23. The maximum Gasteiger partial charge on any atom is 0.230 e. The first-order valence-corrected chi connectivity index (χ1v) is 6.11. The number of carbonyl (C=O) groups excluding carboxylic acids is 1. The third-order valence-corrected chi connectivity index (χ3v) is 4.46. The van der Waals surface area contributed by atoms with Crippen LogP contribution in [0, 0.1) is 5.41 Å². The van der Waals surface area contributed by atoms with E-state index in [0.29, 0.717) is 11.9 Å². The molecule has 0 bridgehead atoms. The minimum Gasteiger partial charge on any atom is -0.342 e. The molecule has 2 atom stereocenters. The average molecular weight is 210 g/mol. The summed E-state index contributed by atoms with van der Waals surface area (Å²) in [4.78, 5) is 14.3. The molecule has 2 rings (SSSR count). The van der Waals surface area contributed by atoms with Gasteiger partial charge in [-0.1, -0.05) is 19.3 Å². The Labute approximate surface area is 92.0 Å². The number of amides is 1. The van der Waals surface area contributed by atoms with Gasteiger partial charge in [-0.05, 0) is 26.2 Å². The van der Waals surface area contributed by atoms with Gasteiger partial charge in [0.25, 0.3) is 0 Å². The largest absolute Gasteiger partial charge is 0.342 e. The highest BCUT2D eigenvalue weighted by Gasteiger charge is 2.50. The fraction of sp³-hybridized carbons (Fsp3) is 0.917. The summed E-state index contributed by atoms with van der Waals surface area (Å²) in [5, 5.41) is 0. The van der Waals surface area contributed by atoms with Gasteiger partial charge in [-0.3, -0.25) is 4.79 Å². The van der Waals surface area contributed by atoms with E-state index in [9.17, 15) is 4.79 Å². The molecule has 1 heterocycles. The van der Waals surface area contributed by atoms with Crippen molar-refractivity contribution in [2.45, 2.75) is 57.5 Å². The van der Waals surface area contributed by atoms with Crippen LogP contribution in [0.2, 0.25) is 0 Å². The van der Waals surface area contributed by atoms with E-state index in [0.717, 1.165) is 19.3 Å². The van der Waals surface area contributed by atoms with Crippen molar-refractivity contribution < 1.29 is 4.79 Å². The SMILES string of the molecule is CC1CC(N)C2(CCCCC2)C(=O)N1C. The van der Waals surface area contributed by atoms with E-state index < -0.39 is 0 Å². The second kappa shape index (κ2) is 3.78. The highest BCUT2D eigenvalue weighted by atomic mass is 16.2. The van der Waals surface area contributed by atoms with Crippen molar-refractivity contribution in [2.24, 2.45) is 11.1 Å². The van der Waals surface area contributed by atoms with Crippen molar-refractivity contribution in [1.82, 2.24) is 4.90 Å². The molecule has 1 spiro atoms. The van der Waals surface area contributed by atoms with Crippen LogP contribution in [0.5, 0.6) is 0 Å². The molecule has 0 radical (unpaired) electrons. The van der Waals surface area contributed by atoms with E-state index in [4.69, 9.17) is 5.73 Å². The molecule has 0 aromatic heterocycles. The number of rotatable bonds is 0. The maximum absolute atomic E-state index is 12.4. The Morgan fingerprint density at radius 3 is 2.53 bits per heavy atom. The maximum atomic E-state index is 12.4. The molecule has 1 saturated carbocycles. The predicted octanol–water partition coefficient (Wildman–Crippen LogP) is 1.51. The number of likely N-dealkylation sites (tertiary alicyclic amines) is 1. The molecule has 0 aromatic carbocycles. The van der Waals surface area contributed by atoms with E-state index in [1.54, 1.807) is 0 Å². The van der Waals surface area contributed by atoms with Gasteiger partial charge in [-0.2, -0.15) is 0 Å². The quantitative estimate of drug-likeness (QED) is 0.659. The molecule has 2 fully saturated rings. The number of piperidine rings is 1. The summed E-state index contributed by atoms with van der Waals surface area (Å²) in [5.41, 5.74) is 6.03. The number of nitrogens with two attached hydrogens (primary N) is 1. The van der Waals surface area contributed by atoms with E-state index >= 15 is 0 Å². The van der Waals surface area contributed by atoms with Gasteiger partial charge in [0.2, 0.25) is 5.91 Å². The van der Waals surface area contributed by atoms with Crippen molar-refractivity contribution in [1.29, 1.82) is 0 Å². The second-order valence-electron chi connectivity index (χ2n) is 5.32. The summed E-state index contributed by atoms with van der Waals surface area (Å²) in [6.45, 7) is 2.09. The molecule has 0 aromatic rings. The summed E-state index contributed by atoms with van der Waals surface area (Å²) in [6.07, 6.45) is 6.57. The van der Waals surface area contributed by atoms with Crippen LogP contribution in [0.15, 0.2) is 0 Å². The molecule has 1 amide bonds. The highest BCUT2D eigenvalue weighted by molar-refractivity contribution is 5.84. The first-order valence-electron chi connectivity index (χ1n) is 6.11. The smallest absolute Gasteiger partial charge is 0.230 e. The van der Waals surface area contributed by atoms with Crippen molar-refractivity contribution >= 4 is 5.91 Å². The van der Waals surface area contributed by atoms with Gasteiger partial charge < -0.3 is 10.6 Å². The fourth-order valence-corrected chi connectivity index (χ4v) is 3.23. The summed E-state index contributed by atoms with van der Waals surface area (Å²) in [6, 6.07) is 0.386. The second-order valence-corrected chi connectivity index (χ2v) is 5.32. The van der Waals surface area contributed by atoms with Gasteiger partial charge in [0, 0.05) is 19.1 Å². The third-order valence-electron chi connectivity index (χ3n) is 4.46. The van der Waals surface area contributed by atoms with Crippen molar-refractivity contribution in [3.05, 3.63) is 0 Å². The Bertz CT molecular complexity index is 258. The number of hydrogen-bond acceptors (Lipinski definition) is 2. The molecule has 2 aliphatic rings. The Morgan fingerprint density at radius 1 is 1.33 bits per heavy atom. The van der Waals surface area contributed by atoms with Crippen LogP contribution < -0.4 is 5.73 Å². The van der Waals surface area contributed by atoms with E-state index in [-0.39, 0.29) is 11.5 Å². The molecule has 15 heavy (non-hydrogen) atoms. The molecular formula is C12H22N2O. The van der Waals surface area contributed by atoms with E-state index in [2.05, 4.69) is 6.92 Å². The van der Waals surface area contributed by atoms with Gasteiger partial charge in [-0.25, -0.2) is 0 Å². The van der Waals surface area contributed by atoms with Gasteiger partial charge in [-0.15, -0.1) is 0 Å². The standard InChI is InChI=1S/C12H22N2O/c1-9-8-10(13)12(11(15)14(9)2)6-4-3-5-7-12/h9-10H,3-8,13H2,1-2H3. The highest BCUT2D eigenvalue weighted by Crippen LogP contribution is 2.44. The van der Waals surface area contributed by atoms with Gasteiger partial charge in [0.1, 0.15) is 0 Å². The summed E-state index contributed by atoms with van der Waals surface area (Å²) >= 11 is 0. The monoisotopic (exact) mass is 210 g/mol. The van der Waals surface area contributed by atoms with Crippen molar-refractivity contribution in [3.63, 3.8) is 0 Å². The first-order chi connectivity index (χ1) is 7.08. The lowest BCUT2D eigenvalue weighted by molar-refractivity contribution is -0.152. The average Bonchev–Trinajstić information content (AvgIpc) is 2.26. The van der Waals surface area contributed by atoms with Crippen LogP contribution >= 0.6 is 0 Å². The van der Waals surface area contributed by atoms with E-state index in [1.165, 1.54) is 19.3 Å². The molecule has 3 nitrogen and oxygen atoms in total. The molecule has 2 unspecified atom stereocenters. The summed E-state index contributed by atoms with van der Waals surface area (Å²) in [5.74, 6) is 0.299. The van der Waals surface area contributed by atoms with Crippen molar-refractivity contribution in [3.8, 4) is 0 Å². The van der Waals surface area contributed by atoms with Gasteiger partial charge in [0.05, 0.1) is 5.41 Å². The zero-order valence-corrected chi connectivity index (χ0v) is 9.83. The number of nitrogens with zero attached hydrogens (tertiary/aromatic N) is 1. The predicted molar refractivity (Wildman–Crippen MR) is 60.3 cm³/mol. The molecular weight excluding hydrogens is 188 g/mol. The Balaban J connectivity index is 2.25. The Kier molecular flexibility index (Phi) is 2.75. The molecule has 1 saturated heterocycles. The molecule has 3 heteroatoms. The first kappa shape index (κ1) is 10.9. The van der Waals surface area contributed by atoms with Gasteiger partial charge >= 0.3 is 0 Å². The van der Waals surface area contributed by atoms with E-state index in [1.807, 2.05) is 11.9 Å². The minimum absolute atomic E-state index is 0.0801. The number of carbonyl (C=O) groups is 1. The molecule has 86 valence electrons. The Morgan fingerprint density at radius 2 is 1.93 bits per heavy atom. The molecule has 2 N–H and O–H groups in total. The summed E-state index contributed by atoms with van der Waals surface area (Å²) in [7, 11) is 1.93. The zero-order chi connectivity index (χ0) is 11.1. The lowest BCUT2D eigenvalue weighted by Crippen LogP contribution is -2.61. The third kappa shape index (κ3) is 1.57. The van der Waals surface area contributed by atoms with Crippen LogP contribution in [0.4, 0.5) is 0 Å². The topological polar surface area (TPSA) is 46.3 Å². The van der Waals surface area contributed by atoms with Crippen LogP contribution in [0.25, 0.3) is 0 Å². The Hall–Kier alpha value is -0.570. The number of hydrogen-bond donors (Lipinski definition) is 1. The van der Waals surface area contributed by atoms with Crippen LogP contribution in [0.1, 0.15) is 45.4 Å². The van der Waals surface area contributed by atoms with Crippen molar-refractivity contribution in [2.75, 3.05) is 7.05 Å². The summed E-state index contributed by atoms with van der Waals surface area (Å²) < 4.78 is 0. The molecule has 1 aliphatic heterocycles. The van der Waals surface area contributed by atoms with Crippen LogP contribution in [-0.2, 0) is 4.79 Å². The normalized spacial score (nSPS) is 35.9. The zero-order valence-electron chi connectivity index (χ0n) is 9.83. The molecule has 1 aliphatic carbocycles. The van der Waals surface area contributed by atoms with Crippen LogP contribution in [-0.4, -0.2) is 29.9 Å². The minimum atomic E-state index is -0.209. The van der Waals surface area contributed by atoms with Gasteiger partial charge in [0.15, 0.2) is 0 Å². The lowest BCUT2D eigenvalue weighted by atomic mass is 9.65. The van der Waals surface area contributed by atoms with Crippen LogP contribution in [0.3, 0.4) is 0 Å².